The highest BCUT2D eigenvalue weighted by Gasteiger charge is 2.17. The van der Waals surface area contributed by atoms with Crippen LogP contribution in [0, 0.1) is 0 Å². The molecule has 1 heterocycles. The van der Waals surface area contributed by atoms with Crippen molar-refractivity contribution < 1.29 is 14.3 Å². The minimum atomic E-state index is -0.428. The van der Waals surface area contributed by atoms with Crippen LogP contribution in [0.25, 0.3) is 10.9 Å². The van der Waals surface area contributed by atoms with E-state index in [1.165, 1.54) is 6.92 Å². The summed E-state index contributed by atoms with van der Waals surface area (Å²) in [7, 11) is 0. The third-order valence-corrected chi connectivity index (χ3v) is 4.44. The van der Waals surface area contributed by atoms with Crippen LogP contribution in [0.2, 0.25) is 5.02 Å². The number of ether oxygens (including phenoxy) is 1. The molecule has 1 aromatic heterocycles. The van der Waals surface area contributed by atoms with Crippen LogP contribution < -0.4 is 10.3 Å². The highest BCUT2D eigenvalue weighted by molar-refractivity contribution is 6.31. The first-order chi connectivity index (χ1) is 13.9. The van der Waals surface area contributed by atoms with Crippen LogP contribution in [0.4, 0.5) is 0 Å². The Labute approximate surface area is 172 Å². The van der Waals surface area contributed by atoms with Crippen molar-refractivity contribution in [3.63, 3.8) is 0 Å². The second-order valence-corrected chi connectivity index (χ2v) is 6.96. The molecule has 1 amide bonds. The molecule has 0 fully saturated rings. The van der Waals surface area contributed by atoms with Gasteiger partial charge in [0.05, 0.1) is 17.4 Å². The van der Waals surface area contributed by atoms with Gasteiger partial charge in [-0.05, 0) is 48.9 Å². The first-order valence-corrected chi connectivity index (χ1v) is 9.51. The van der Waals surface area contributed by atoms with Gasteiger partial charge in [-0.2, -0.15) is 0 Å². The average molecular weight is 414 g/mol. The number of halogens is 1. The Balaban J connectivity index is 1.86. The Bertz CT molecular complexity index is 1110. The number of hydrogen-bond acceptors (Lipinski definition) is 5. The molecule has 3 aromatic rings. The quantitative estimate of drug-likeness (QED) is 0.492. The van der Waals surface area contributed by atoms with E-state index in [-0.39, 0.29) is 18.0 Å². The van der Waals surface area contributed by atoms with E-state index < -0.39 is 5.97 Å². The first-order valence-electron chi connectivity index (χ1n) is 9.13. The lowest BCUT2D eigenvalue weighted by Gasteiger charge is -2.22. The molecule has 3 rings (SSSR count). The maximum Gasteiger partial charge on any atom is 0.308 e. The molecule has 150 valence electrons. The van der Waals surface area contributed by atoms with Crippen molar-refractivity contribution in [2.75, 3.05) is 6.54 Å². The first kappa shape index (κ1) is 20.5. The van der Waals surface area contributed by atoms with Gasteiger partial charge in [0.25, 0.3) is 11.5 Å². The zero-order valence-corrected chi connectivity index (χ0v) is 16.8. The van der Waals surface area contributed by atoms with Crippen molar-refractivity contribution in [3.05, 3.63) is 69.2 Å². The molecule has 0 aliphatic heterocycles. The second kappa shape index (κ2) is 8.87. The van der Waals surface area contributed by atoms with E-state index in [4.69, 9.17) is 16.3 Å². The third kappa shape index (κ3) is 5.00. The number of nitrogens with zero attached hydrogens (tertiary/aromatic N) is 2. The lowest BCUT2D eigenvalue weighted by molar-refractivity contribution is -0.131. The molecule has 0 radical (unpaired) electrons. The number of nitrogens with one attached hydrogen (secondary N) is 1. The third-order valence-electron chi connectivity index (χ3n) is 4.20. The summed E-state index contributed by atoms with van der Waals surface area (Å²) in [5.41, 5.74) is 0.641. The van der Waals surface area contributed by atoms with Crippen LogP contribution in [-0.4, -0.2) is 33.3 Å². The number of aromatic amines is 1. The summed E-state index contributed by atoms with van der Waals surface area (Å²) in [6.07, 6.45) is 0.737. The molecule has 2 aromatic carbocycles. The molecule has 1 N–H and O–H groups in total. The zero-order valence-electron chi connectivity index (χ0n) is 16.1. The predicted octanol–water partition coefficient (Wildman–Crippen LogP) is 3.55. The molecule has 0 saturated heterocycles. The van der Waals surface area contributed by atoms with Crippen LogP contribution in [0.1, 0.15) is 36.5 Å². The Morgan fingerprint density at radius 1 is 1.17 bits per heavy atom. The van der Waals surface area contributed by atoms with E-state index in [2.05, 4.69) is 9.97 Å². The van der Waals surface area contributed by atoms with Crippen LogP contribution >= 0.6 is 11.6 Å². The molecule has 0 saturated carbocycles. The minimum absolute atomic E-state index is 0.149. The van der Waals surface area contributed by atoms with E-state index >= 15 is 0 Å². The summed E-state index contributed by atoms with van der Waals surface area (Å²) in [4.78, 5) is 45.1. The SMILES string of the molecule is CCCN(Cc1nc2cc(Cl)ccc2c(=O)[nH]1)C(=O)c1ccc(OC(C)=O)cc1. The standard InChI is InChI=1S/C21H20ClN3O4/c1-3-10-25(21(28)14-4-7-16(8-5-14)29-13(2)26)12-19-23-18-11-15(22)6-9-17(18)20(27)24-19/h4-9,11H,3,10,12H2,1-2H3,(H,23,24,27). The Morgan fingerprint density at radius 3 is 2.55 bits per heavy atom. The van der Waals surface area contributed by atoms with Crippen molar-refractivity contribution in [1.82, 2.24) is 14.9 Å². The number of aromatic nitrogens is 2. The molecule has 0 spiro atoms. The van der Waals surface area contributed by atoms with E-state index in [9.17, 15) is 14.4 Å². The van der Waals surface area contributed by atoms with E-state index in [1.54, 1.807) is 47.4 Å². The summed E-state index contributed by atoms with van der Waals surface area (Å²) in [6.45, 7) is 3.91. The number of amides is 1. The average Bonchev–Trinajstić information content (AvgIpc) is 2.67. The topological polar surface area (TPSA) is 92.4 Å². The van der Waals surface area contributed by atoms with Gasteiger partial charge in [-0.1, -0.05) is 18.5 Å². The van der Waals surface area contributed by atoms with Gasteiger partial charge < -0.3 is 14.6 Å². The molecule has 8 heteroatoms. The number of fused-ring (bicyclic) bond motifs is 1. The number of rotatable bonds is 6. The van der Waals surface area contributed by atoms with Gasteiger partial charge in [-0.25, -0.2) is 4.98 Å². The summed E-state index contributed by atoms with van der Waals surface area (Å²) < 4.78 is 4.99. The number of esters is 1. The fraction of sp³-hybridized carbons (Fsp3) is 0.238. The predicted molar refractivity (Wildman–Crippen MR) is 110 cm³/mol. The maximum atomic E-state index is 13.0. The van der Waals surface area contributed by atoms with Gasteiger partial charge >= 0.3 is 5.97 Å². The number of H-pyrrole nitrogens is 1. The minimum Gasteiger partial charge on any atom is -0.427 e. The largest absolute Gasteiger partial charge is 0.427 e. The maximum absolute atomic E-state index is 13.0. The van der Waals surface area contributed by atoms with E-state index in [0.717, 1.165) is 6.42 Å². The van der Waals surface area contributed by atoms with Crippen molar-refractivity contribution in [2.24, 2.45) is 0 Å². The van der Waals surface area contributed by atoms with Gasteiger partial charge in [-0.15, -0.1) is 0 Å². The molecule has 0 aliphatic carbocycles. The Morgan fingerprint density at radius 2 is 1.90 bits per heavy atom. The molecule has 7 nitrogen and oxygen atoms in total. The van der Waals surface area contributed by atoms with Gasteiger partial charge in [0.15, 0.2) is 0 Å². The lowest BCUT2D eigenvalue weighted by atomic mass is 10.2. The smallest absolute Gasteiger partial charge is 0.308 e. The highest BCUT2D eigenvalue weighted by Crippen LogP contribution is 2.17. The highest BCUT2D eigenvalue weighted by atomic mass is 35.5. The van der Waals surface area contributed by atoms with Crippen molar-refractivity contribution in [3.8, 4) is 5.75 Å². The summed E-state index contributed by atoms with van der Waals surface area (Å²) in [5.74, 6) is 0.106. The molecule has 0 atom stereocenters. The Kier molecular flexibility index (Phi) is 6.29. The molecular weight excluding hydrogens is 394 g/mol. The number of carbonyl (C=O) groups excluding carboxylic acids is 2. The fourth-order valence-electron chi connectivity index (χ4n) is 2.95. The van der Waals surface area contributed by atoms with Crippen LogP contribution in [0.5, 0.6) is 5.75 Å². The number of benzene rings is 2. The Hall–Kier alpha value is -3.19. The second-order valence-electron chi connectivity index (χ2n) is 6.52. The number of carbonyl (C=O) groups is 2. The zero-order chi connectivity index (χ0) is 21.0. The lowest BCUT2D eigenvalue weighted by Crippen LogP contribution is -2.32. The van der Waals surface area contributed by atoms with Gasteiger partial charge in [-0.3, -0.25) is 14.4 Å². The van der Waals surface area contributed by atoms with Crippen LogP contribution in [0.15, 0.2) is 47.3 Å². The number of hydrogen-bond donors (Lipinski definition) is 1. The van der Waals surface area contributed by atoms with Gasteiger partial charge in [0, 0.05) is 24.1 Å². The van der Waals surface area contributed by atoms with Crippen molar-refractivity contribution in [2.45, 2.75) is 26.8 Å². The normalized spacial score (nSPS) is 10.7. The van der Waals surface area contributed by atoms with Crippen molar-refractivity contribution >= 4 is 34.4 Å². The van der Waals surface area contributed by atoms with Crippen LogP contribution in [-0.2, 0) is 11.3 Å². The van der Waals surface area contributed by atoms with Gasteiger partial charge in [0.1, 0.15) is 11.6 Å². The van der Waals surface area contributed by atoms with E-state index in [1.807, 2.05) is 6.92 Å². The molecule has 0 bridgehead atoms. The monoisotopic (exact) mass is 413 g/mol. The molecule has 0 unspecified atom stereocenters. The summed E-state index contributed by atoms with van der Waals surface area (Å²) in [5, 5.41) is 0.920. The van der Waals surface area contributed by atoms with Crippen molar-refractivity contribution in [1.29, 1.82) is 0 Å². The van der Waals surface area contributed by atoms with E-state index in [0.29, 0.717) is 39.6 Å². The summed E-state index contributed by atoms with van der Waals surface area (Å²) in [6, 6.07) is 11.2. The fourth-order valence-corrected chi connectivity index (χ4v) is 3.12. The molecular formula is C21H20ClN3O4. The molecule has 29 heavy (non-hydrogen) atoms. The van der Waals surface area contributed by atoms with Crippen LogP contribution in [0.3, 0.4) is 0 Å². The van der Waals surface area contributed by atoms with Gasteiger partial charge in [0.2, 0.25) is 0 Å². The summed E-state index contributed by atoms with van der Waals surface area (Å²) >= 11 is 6.01. The molecule has 0 aliphatic rings.